The lowest BCUT2D eigenvalue weighted by molar-refractivity contribution is 0.439. The van der Waals surface area contributed by atoms with Crippen molar-refractivity contribution < 1.29 is 8.42 Å². The van der Waals surface area contributed by atoms with Crippen LogP contribution in [0.15, 0.2) is 38.8 Å². The highest BCUT2D eigenvalue weighted by Crippen LogP contribution is 2.21. The van der Waals surface area contributed by atoms with Crippen LogP contribution in [0.25, 0.3) is 0 Å². The predicted molar refractivity (Wildman–Crippen MR) is 107 cm³/mol. The normalized spacial score (nSPS) is 13.9. The number of fused-ring (bicyclic) bond motifs is 1. The average Bonchev–Trinajstić information content (AvgIpc) is 2.70. The summed E-state index contributed by atoms with van der Waals surface area (Å²) in [6, 6.07) is 7.70. The van der Waals surface area contributed by atoms with E-state index in [1.165, 1.54) is 35.6 Å². The Balaban J connectivity index is 1.72. The standard InChI is InChI=1S/C18H20N4O4S2/c1-21(28(25,26)14-5-3-13(11-19)4-6-14)8-2-9-22-16-7-10-27-12-15(16)17(23)20-18(22)24/h3-6H,2,7-10,12H2,1H3,(H,20,23,24). The minimum absolute atomic E-state index is 0.115. The van der Waals surface area contributed by atoms with E-state index >= 15 is 0 Å². The van der Waals surface area contributed by atoms with Gasteiger partial charge >= 0.3 is 5.69 Å². The number of aromatic nitrogens is 2. The Hall–Kier alpha value is -2.35. The number of aromatic amines is 1. The van der Waals surface area contributed by atoms with Crippen LogP contribution in [-0.2, 0) is 28.7 Å². The third-order valence-corrected chi connectivity index (χ3v) is 7.55. The zero-order chi connectivity index (χ0) is 20.3. The number of nitriles is 1. The fourth-order valence-electron chi connectivity index (χ4n) is 3.12. The number of hydrogen-bond acceptors (Lipinski definition) is 6. The number of nitrogens with one attached hydrogen (secondary N) is 1. The summed E-state index contributed by atoms with van der Waals surface area (Å²) in [6.07, 6.45) is 1.08. The van der Waals surface area contributed by atoms with Crippen LogP contribution in [0.3, 0.4) is 0 Å². The molecule has 0 spiro atoms. The number of thioether (sulfide) groups is 1. The van der Waals surface area contributed by atoms with Crippen LogP contribution in [0, 0.1) is 11.3 Å². The molecule has 0 unspecified atom stereocenters. The van der Waals surface area contributed by atoms with Gasteiger partial charge in [-0.1, -0.05) is 0 Å². The molecule has 0 bridgehead atoms. The molecular weight excluding hydrogens is 400 g/mol. The molecule has 1 aromatic carbocycles. The zero-order valence-corrected chi connectivity index (χ0v) is 17.0. The summed E-state index contributed by atoms with van der Waals surface area (Å²) >= 11 is 1.66. The lowest BCUT2D eigenvalue weighted by atomic mass is 10.2. The second-order valence-corrected chi connectivity index (χ2v) is 9.61. The minimum Gasteiger partial charge on any atom is -0.297 e. The first-order valence-electron chi connectivity index (χ1n) is 8.73. The highest BCUT2D eigenvalue weighted by Gasteiger charge is 2.22. The van der Waals surface area contributed by atoms with Crippen molar-refractivity contribution in [1.29, 1.82) is 5.26 Å². The summed E-state index contributed by atoms with van der Waals surface area (Å²) < 4.78 is 28.1. The molecule has 8 nitrogen and oxygen atoms in total. The fraction of sp³-hybridized carbons (Fsp3) is 0.389. The van der Waals surface area contributed by atoms with Crippen molar-refractivity contribution >= 4 is 21.8 Å². The van der Waals surface area contributed by atoms with Crippen molar-refractivity contribution in [2.24, 2.45) is 0 Å². The summed E-state index contributed by atoms with van der Waals surface area (Å²) in [5, 5.41) is 8.83. The molecule has 3 rings (SSSR count). The van der Waals surface area contributed by atoms with Gasteiger partial charge in [0.15, 0.2) is 0 Å². The van der Waals surface area contributed by atoms with E-state index in [1.807, 2.05) is 6.07 Å². The Labute approximate surface area is 166 Å². The molecule has 1 aliphatic heterocycles. The van der Waals surface area contributed by atoms with E-state index in [0.717, 1.165) is 11.4 Å². The molecule has 148 valence electrons. The summed E-state index contributed by atoms with van der Waals surface area (Å²) in [7, 11) is -2.20. The highest BCUT2D eigenvalue weighted by molar-refractivity contribution is 7.98. The average molecular weight is 421 g/mol. The van der Waals surface area contributed by atoms with Gasteiger partial charge in [-0.05, 0) is 42.9 Å². The molecule has 10 heteroatoms. The molecule has 0 amide bonds. The molecule has 0 fully saturated rings. The first-order valence-corrected chi connectivity index (χ1v) is 11.3. The van der Waals surface area contributed by atoms with Crippen LogP contribution in [0.1, 0.15) is 23.2 Å². The molecule has 2 heterocycles. The largest absolute Gasteiger partial charge is 0.328 e. The molecule has 1 aromatic heterocycles. The lowest BCUT2D eigenvalue weighted by Gasteiger charge is -2.21. The fourth-order valence-corrected chi connectivity index (χ4v) is 5.32. The lowest BCUT2D eigenvalue weighted by Crippen LogP contribution is -2.37. The van der Waals surface area contributed by atoms with Gasteiger partial charge in [0, 0.05) is 37.1 Å². The van der Waals surface area contributed by atoms with Crippen molar-refractivity contribution in [1.82, 2.24) is 13.9 Å². The van der Waals surface area contributed by atoms with Gasteiger partial charge in [0.25, 0.3) is 5.56 Å². The van der Waals surface area contributed by atoms with Crippen molar-refractivity contribution in [3.63, 3.8) is 0 Å². The molecule has 0 atom stereocenters. The smallest absolute Gasteiger partial charge is 0.297 e. The second-order valence-electron chi connectivity index (χ2n) is 6.46. The SMILES string of the molecule is CN(CCCn1c2c(c(=O)[nH]c1=O)CSCC2)S(=O)(=O)c1ccc(C#N)cc1. The maximum atomic E-state index is 12.6. The van der Waals surface area contributed by atoms with E-state index < -0.39 is 15.7 Å². The summed E-state index contributed by atoms with van der Waals surface area (Å²) in [5.41, 5.74) is 0.999. The highest BCUT2D eigenvalue weighted by atomic mass is 32.2. The quantitative estimate of drug-likeness (QED) is 0.742. The van der Waals surface area contributed by atoms with Gasteiger partial charge in [0.05, 0.1) is 16.5 Å². The summed E-state index contributed by atoms with van der Waals surface area (Å²) in [5.74, 6) is 1.43. The zero-order valence-electron chi connectivity index (χ0n) is 15.3. The number of hydrogen-bond donors (Lipinski definition) is 1. The Bertz CT molecular complexity index is 1130. The van der Waals surface area contributed by atoms with E-state index in [0.29, 0.717) is 36.3 Å². The van der Waals surface area contributed by atoms with Gasteiger partial charge in [-0.25, -0.2) is 17.5 Å². The van der Waals surface area contributed by atoms with Crippen LogP contribution in [0.4, 0.5) is 0 Å². The molecule has 0 saturated heterocycles. The van der Waals surface area contributed by atoms with Crippen LogP contribution in [0.2, 0.25) is 0 Å². The Kier molecular flexibility index (Phi) is 6.07. The van der Waals surface area contributed by atoms with Crippen LogP contribution in [-0.4, -0.2) is 41.6 Å². The number of rotatable bonds is 6. The molecule has 1 aliphatic rings. The second kappa shape index (κ2) is 8.34. The number of benzene rings is 1. The molecule has 0 radical (unpaired) electrons. The molecule has 2 aromatic rings. The van der Waals surface area contributed by atoms with Crippen LogP contribution in [0.5, 0.6) is 0 Å². The molecule has 1 N–H and O–H groups in total. The number of H-pyrrole nitrogens is 1. The van der Waals surface area contributed by atoms with Gasteiger partial charge in [0.2, 0.25) is 10.0 Å². The van der Waals surface area contributed by atoms with Gasteiger partial charge in [-0.15, -0.1) is 0 Å². The summed E-state index contributed by atoms with van der Waals surface area (Å²) in [6.45, 7) is 0.549. The van der Waals surface area contributed by atoms with Gasteiger partial charge in [-0.2, -0.15) is 17.0 Å². The molecule has 0 aliphatic carbocycles. The van der Waals surface area contributed by atoms with Crippen molar-refractivity contribution in [2.45, 2.75) is 30.0 Å². The van der Waals surface area contributed by atoms with Gasteiger partial charge in [0.1, 0.15) is 0 Å². The van der Waals surface area contributed by atoms with Crippen molar-refractivity contribution in [3.05, 3.63) is 61.9 Å². The monoisotopic (exact) mass is 420 g/mol. The Morgan fingerprint density at radius 3 is 2.68 bits per heavy atom. The third-order valence-electron chi connectivity index (χ3n) is 4.69. The van der Waals surface area contributed by atoms with Crippen molar-refractivity contribution in [3.8, 4) is 6.07 Å². The number of nitrogens with zero attached hydrogens (tertiary/aromatic N) is 3. The van der Waals surface area contributed by atoms with Crippen LogP contribution >= 0.6 is 11.8 Å². The summed E-state index contributed by atoms with van der Waals surface area (Å²) in [4.78, 5) is 26.6. The Morgan fingerprint density at radius 2 is 2.00 bits per heavy atom. The third kappa shape index (κ3) is 4.06. The first kappa shape index (κ1) is 20.4. The van der Waals surface area contributed by atoms with E-state index in [-0.39, 0.29) is 17.0 Å². The molecular formula is C18H20N4O4S2. The predicted octanol–water partition coefficient (Wildman–Crippen LogP) is 0.908. The van der Waals surface area contributed by atoms with Crippen LogP contribution < -0.4 is 11.2 Å². The maximum Gasteiger partial charge on any atom is 0.328 e. The topological polar surface area (TPSA) is 116 Å². The van der Waals surface area contributed by atoms with E-state index in [9.17, 15) is 18.0 Å². The number of sulfonamides is 1. The van der Waals surface area contributed by atoms with Gasteiger partial charge < -0.3 is 0 Å². The molecule has 0 saturated carbocycles. The van der Waals surface area contributed by atoms with E-state index in [2.05, 4.69) is 4.98 Å². The Morgan fingerprint density at radius 1 is 1.29 bits per heavy atom. The first-order chi connectivity index (χ1) is 13.3. The molecule has 28 heavy (non-hydrogen) atoms. The van der Waals surface area contributed by atoms with Crippen molar-refractivity contribution in [2.75, 3.05) is 19.3 Å². The van der Waals surface area contributed by atoms with E-state index in [4.69, 9.17) is 5.26 Å². The minimum atomic E-state index is -3.68. The van der Waals surface area contributed by atoms with E-state index in [1.54, 1.807) is 16.3 Å². The van der Waals surface area contributed by atoms with Gasteiger partial charge in [-0.3, -0.25) is 14.3 Å². The maximum absolute atomic E-state index is 12.6.